The minimum Gasteiger partial charge on any atom is -0.304 e. The Kier molecular flexibility index (Phi) is 4.51. The van der Waals surface area contributed by atoms with Gasteiger partial charge < -0.3 is 4.57 Å². The van der Waals surface area contributed by atoms with Gasteiger partial charge >= 0.3 is 0 Å². The van der Waals surface area contributed by atoms with E-state index in [0.717, 1.165) is 23.0 Å². The summed E-state index contributed by atoms with van der Waals surface area (Å²) in [7, 11) is 0. The zero-order valence-corrected chi connectivity index (χ0v) is 17.5. The van der Waals surface area contributed by atoms with E-state index in [0.29, 0.717) is 33.8 Å². The molecule has 0 aliphatic carbocycles. The molecular formula is C23H20ClN5O. The van der Waals surface area contributed by atoms with Gasteiger partial charge in [-0.3, -0.25) is 9.36 Å². The van der Waals surface area contributed by atoms with E-state index in [1.165, 1.54) is 0 Å². The van der Waals surface area contributed by atoms with E-state index >= 15 is 0 Å². The third kappa shape index (κ3) is 2.95. The van der Waals surface area contributed by atoms with E-state index in [9.17, 15) is 4.79 Å². The first-order chi connectivity index (χ1) is 14.6. The van der Waals surface area contributed by atoms with Gasteiger partial charge in [0.05, 0.1) is 17.6 Å². The molecule has 0 saturated carbocycles. The van der Waals surface area contributed by atoms with Crippen LogP contribution in [-0.4, -0.2) is 24.1 Å². The molecule has 0 fully saturated rings. The van der Waals surface area contributed by atoms with Gasteiger partial charge in [-0.25, -0.2) is 15.0 Å². The van der Waals surface area contributed by atoms with E-state index in [2.05, 4.69) is 11.9 Å². The monoisotopic (exact) mass is 417 g/mol. The highest BCUT2D eigenvalue weighted by Gasteiger charge is 2.21. The molecule has 0 aliphatic heterocycles. The molecule has 2 aromatic carbocycles. The van der Waals surface area contributed by atoms with Crippen molar-refractivity contribution in [1.29, 1.82) is 0 Å². The van der Waals surface area contributed by atoms with E-state index in [4.69, 9.17) is 21.6 Å². The largest absolute Gasteiger partial charge is 0.304 e. The molecule has 7 heteroatoms. The molecule has 1 atom stereocenters. The summed E-state index contributed by atoms with van der Waals surface area (Å²) in [5.41, 5.74) is 4.35. The smallest absolute Gasteiger partial charge is 0.265 e. The van der Waals surface area contributed by atoms with Crippen LogP contribution >= 0.6 is 11.6 Å². The maximum absolute atomic E-state index is 13.4. The molecular weight excluding hydrogens is 398 g/mol. The number of nitrogens with zero attached hydrogens (tertiary/aromatic N) is 5. The van der Waals surface area contributed by atoms with Crippen LogP contribution in [0, 0.1) is 0 Å². The Bertz CT molecular complexity index is 1450. The van der Waals surface area contributed by atoms with Gasteiger partial charge in [-0.2, -0.15) is 0 Å². The first-order valence-corrected chi connectivity index (χ1v) is 10.3. The first kappa shape index (κ1) is 18.8. The molecule has 6 nitrogen and oxygen atoms in total. The number of fused-ring (bicyclic) bond motifs is 4. The minimum atomic E-state index is -0.0845. The third-order valence-electron chi connectivity index (χ3n) is 5.60. The molecule has 3 aromatic heterocycles. The summed E-state index contributed by atoms with van der Waals surface area (Å²) >= 11 is 6.04. The molecule has 30 heavy (non-hydrogen) atoms. The van der Waals surface area contributed by atoms with Crippen molar-refractivity contribution in [2.45, 2.75) is 32.9 Å². The lowest BCUT2D eigenvalue weighted by molar-refractivity contribution is 0.510. The van der Waals surface area contributed by atoms with Crippen molar-refractivity contribution in [3.8, 4) is 0 Å². The molecule has 0 saturated heterocycles. The number of para-hydroxylation sites is 2. The Morgan fingerprint density at radius 3 is 2.40 bits per heavy atom. The van der Waals surface area contributed by atoms with Crippen molar-refractivity contribution in [3.05, 3.63) is 75.8 Å². The van der Waals surface area contributed by atoms with E-state index in [1.807, 2.05) is 60.0 Å². The van der Waals surface area contributed by atoms with E-state index < -0.39 is 0 Å². The van der Waals surface area contributed by atoms with Gasteiger partial charge in [0.2, 0.25) is 0 Å². The lowest BCUT2D eigenvalue weighted by Gasteiger charge is -2.12. The maximum Gasteiger partial charge on any atom is 0.265 e. The van der Waals surface area contributed by atoms with Crippen molar-refractivity contribution in [3.63, 3.8) is 0 Å². The van der Waals surface area contributed by atoms with Crippen LogP contribution in [0.1, 0.15) is 31.9 Å². The molecule has 0 bridgehead atoms. The normalized spacial score (nSPS) is 12.8. The number of rotatable bonds is 4. The Morgan fingerprint density at radius 2 is 1.70 bits per heavy atom. The van der Waals surface area contributed by atoms with Gasteiger partial charge in [0.1, 0.15) is 17.2 Å². The number of hydrogen-bond acceptors (Lipinski definition) is 4. The highest BCUT2D eigenvalue weighted by molar-refractivity contribution is 6.30. The average Bonchev–Trinajstić information content (AvgIpc) is 3.06. The van der Waals surface area contributed by atoms with Crippen LogP contribution in [0.3, 0.4) is 0 Å². The van der Waals surface area contributed by atoms with E-state index in [-0.39, 0.29) is 11.6 Å². The molecule has 0 radical (unpaired) electrons. The van der Waals surface area contributed by atoms with Crippen molar-refractivity contribution < 1.29 is 0 Å². The molecule has 150 valence electrons. The van der Waals surface area contributed by atoms with Gasteiger partial charge in [0.15, 0.2) is 11.3 Å². The lowest BCUT2D eigenvalue weighted by atomic mass is 10.2. The molecule has 0 amide bonds. The summed E-state index contributed by atoms with van der Waals surface area (Å²) in [5.74, 6) is 0. The number of aromatic nitrogens is 5. The highest BCUT2D eigenvalue weighted by atomic mass is 35.5. The van der Waals surface area contributed by atoms with Crippen LogP contribution in [0.4, 0.5) is 0 Å². The van der Waals surface area contributed by atoms with Crippen molar-refractivity contribution in [1.82, 2.24) is 24.1 Å². The molecule has 3 heterocycles. The Balaban J connectivity index is 1.86. The van der Waals surface area contributed by atoms with Crippen LogP contribution in [0.5, 0.6) is 0 Å². The van der Waals surface area contributed by atoms with Crippen LogP contribution in [0.15, 0.2) is 59.7 Å². The summed E-state index contributed by atoms with van der Waals surface area (Å²) in [6, 6.07) is 15.4. The average molecular weight is 418 g/mol. The van der Waals surface area contributed by atoms with Crippen LogP contribution < -0.4 is 5.56 Å². The van der Waals surface area contributed by atoms with Crippen molar-refractivity contribution in [2.24, 2.45) is 0 Å². The van der Waals surface area contributed by atoms with Gasteiger partial charge in [-0.15, -0.1) is 0 Å². The highest BCUT2D eigenvalue weighted by Crippen LogP contribution is 2.26. The second-order valence-electron chi connectivity index (χ2n) is 7.51. The van der Waals surface area contributed by atoms with Gasteiger partial charge in [-0.1, -0.05) is 42.8 Å². The molecule has 0 unspecified atom stereocenters. The zero-order valence-electron chi connectivity index (χ0n) is 16.7. The standard InChI is InChI=1S/C23H20ClN5O/c1-3-14(2)29-13-25-21-19(23(29)30)20-22(27-18-7-5-4-6-17(18)26-20)28(21)12-15-8-10-16(24)11-9-15/h4-11,13-14H,3,12H2,1-2H3/t14-/m1/s1. The van der Waals surface area contributed by atoms with Crippen molar-refractivity contribution in [2.75, 3.05) is 0 Å². The second-order valence-corrected chi connectivity index (χ2v) is 7.95. The van der Waals surface area contributed by atoms with Crippen LogP contribution in [0.2, 0.25) is 5.02 Å². The molecule has 5 rings (SSSR count). The first-order valence-electron chi connectivity index (χ1n) is 9.97. The fraction of sp³-hybridized carbons (Fsp3) is 0.217. The molecule has 5 aromatic rings. The second kappa shape index (κ2) is 7.22. The molecule has 0 N–H and O–H groups in total. The predicted molar refractivity (Wildman–Crippen MR) is 120 cm³/mol. The Morgan fingerprint density at radius 1 is 1.00 bits per heavy atom. The quantitative estimate of drug-likeness (QED) is 0.414. The summed E-state index contributed by atoms with van der Waals surface area (Å²) in [5, 5.41) is 1.20. The van der Waals surface area contributed by atoms with Crippen molar-refractivity contribution >= 4 is 44.8 Å². The Labute approximate surface area is 177 Å². The summed E-state index contributed by atoms with van der Waals surface area (Å²) in [4.78, 5) is 27.7. The fourth-order valence-electron chi connectivity index (χ4n) is 3.75. The van der Waals surface area contributed by atoms with Crippen LogP contribution in [-0.2, 0) is 6.54 Å². The fourth-order valence-corrected chi connectivity index (χ4v) is 3.88. The number of hydrogen-bond donors (Lipinski definition) is 0. The number of halogens is 1. The zero-order chi connectivity index (χ0) is 20.8. The summed E-state index contributed by atoms with van der Waals surface area (Å²) < 4.78 is 3.65. The summed E-state index contributed by atoms with van der Waals surface area (Å²) in [6.07, 6.45) is 2.47. The molecule has 0 aliphatic rings. The SMILES string of the molecule is CC[C@@H](C)n1cnc2c(c1=O)c1nc3ccccc3nc1n2Cc1ccc(Cl)cc1. The number of benzene rings is 2. The van der Waals surface area contributed by atoms with Gasteiger partial charge in [0.25, 0.3) is 5.56 Å². The van der Waals surface area contributed by atoms with Gasteiger partial charge in [0, 0.05) is 11.1 Å². The summed E-state index contributed by atoms with van der Waals surface area (Å²) in [6.45, 7) is 4.59. The minimum absolute atomic E-state index is 0.0532. The lowest BCUT2D eigenvalue weighted by Crippen LogP contribution is -2.23. The molecule has 0 spiro atoms. The topological polar surface area (TPSA) is 65.6 Å². The van der Waals surface area contributed by atoms with E-state index in [1.54, 1.807) is 10.9 Å². The third-order valence-corrected chi connectivity index (χ3v) is 5.85. The predicted octanol–water partition coefficient (Wildman–Crippen LogP) is 4.97. The Hall–Kier alpha value is -3.25. The maximum atomic E-state index is 13.4. The van der Waals surface area contributed by atoms with Crippen LogP contribution in [0.25, 0.3) is 33.2 Å². The van der Waals surface area contributed by atoms with Gasteiger partial charge in [-0.05, 0) is 43.2 Å².